The fourth-order valence-corrected chi connectivity index (χ4v) is 4.08. The number of urea groups is 1. The van der Waals surface area contributed by atoms with E-state index in [9.17, 15) is 9.18 Å². The van der Waals surface area contributed by atoms with Crippen LogP contribution >= 0.6 is 11.6 Å². The number of anilines is 1. The predicted octanol–water partition coefficient (Wildman–Crippen LogP) is 3.74. The first-order valence-electron chi connectivity index (χ1n) is 8.25. The average Bonchev–Trinajstić information content (AvgIpc) is 2.57. The number of hydrogen-bond donors (Lipinski definition) is 1. The monoisotopic (exact) mass is 361 g/mol. The van der Waals surface area contributed by atoms with E-state index in [0.717, 1.165) is 25.3 Å². The Morgan fingerprint density at radius 1 is 1.28 bits per heavy atom. The van der Waals surface area contributed by atoms with Crippen molar-refractivity contribution in [1.82, 2.24) is 20.1 Å². The van der Waals surface area contributed by atoms with E-state index in [0.29, 0.717) is 11.5 Å². The fraction of sp³-hybridized carbons (Fsp3) is 0.412. The van der Waals surface area contributed by atoms with Gasteiger partial charge in [0.15, 0.2) is 5.82 Å². The molecule has 3 fully saturated rings. The van der Waals surface area contributed by atoms with Crippen molar-refractivity contribution in [1.29, 1.82) is 0 Å². The molecule has 2 bridgehead atoms. The Morgan fingerprint density at radius 3 is 2.72 bits per heavy atom. The van der Waals surface area contributed by atoms with Gasteiger partial charge in [-0.15, -0.1) is 5.10 Å². The highest BCUT2D eigenvalue weighted by Crippen LogP contribution is 2.41. The van der Waals surface area contributed by atoms with Crippen LogP contribution < -0.4 is 5.32 Å². The summed E-state index contributed by atoms with van der Waals surface area (Å²) in [6, 6.07) is 2.84. The minimum Gasteiger partial charge on any atom is -0.318 e. The van der Waals surface area contributed by atoms with E-state index in [-0.39, 0.29) is 34.6 Å². The van der Waals surface area contributed by atoms with Crippen LogP contribution in [0.3, 0.4) is 0 Å². The van der Waals surface area contributed by atoms with Crippen LogP contribution in [-0.4, -0.2) is 38.2 Å². The first kappa shape index (κ1) is 16.2. The van der Waals surface area contributed by atoms with Gasteiger partial charge in [-0.1, -0.05) is 18.5 Å². The zero-order chi connectivity index (χ0) is 17.6. The van der Waals surface area contributed by atoms with Gasteiger partial charge in [-0.05, 0) is 37.3 Å². The lowest BCUT2D eigenvalue weighted by Crippen LogP contribution is -2.63. The number of carbonyl (C=O) groups excluding carboxylic acids is 1. The van der Waals surface area contributed by atoms with E-state index >= 15 is 0 Å². The molecule has 6 nitrogen and oxygen atoms in total. The number of carbonyl (C=O) groups is 1. The number of fused-ring (bicyclic) bond motifs is 2. The maximum Gasteiger partial charge on any atom is 0.322 e. The van der Waals surface area contributed by atoms with Crippen molar-refractivity contribution in [3.63, 3.8) is 0 Å². The summed E-state index contributed by atoms with van der Waals surface area (Å²) in [6.45, 7) is 2.20. The van der Waals surface area contributed by atoms with Gasteiger partial charge >= 0.3 is 6.03 Å². The van der Waals surface area contributed by atoms with E-state index < -0.39 is 5.82 Å². The summed E-state index contributed by atoms with van der Waals surface area (Å²) in [6.07, 6.45) is 5.95. The van der Waals surface area contributed by atoms with E-state index in [1.807, 2.05) is 4.90 Å². The normalized spacial score (nSPS) is 24.6. The van der Waals surface area contributed by atoms with Crippen LogP contribution in [0.5, 0.6) is 0 Å². The van der Waals surface area contributed by atoms with Crippen molar-refractivity contribution in [2.75, 3.05) is 5.32 Å². The van der Waals surface area contributed by atoms with Crippen molar-refractivity contribution < 1.29 is 9.18 Å². The Morgan fingerprint density at radius 2 is 2.04 bits per heavy atom. The first-order chi connectivity index (χ1) is 12.0. The number of amides is 2. The highest BCUT2D eigenvalue weighted by atomic mass is 35.5. The Labute approximate surface area is 149 Å². The summed E-state index contributed by atoms with van der Waals surface area (Å²) in [4.78, 5) is 18.5. The average molecular weight is 362 g/mol. The van der Waals surface area contributed by atoms with Crippen LogP contribution in [0.15, 0.2) is 24.5 Å². The molecule has 5 rings (SSSR count). The minimum absolute atomic E-state index is 0.0647. The SMILES string of the molecule is CC1CC2CC(C1)N2C(=O)Nc1cc(-c2nccnn2)c(Cl)cc1F. The zero-order valence-electron chi connectivity index (χ0n) is 13.6. The highest BCUT2D eigenvalue weighted by molar-refractivity contribution is 6.33. The second-order valence-corrected chi connectivity index (χ2v) is 7.14. The molecule has 2 saturated heterocycles. The molecule has 1 aliphatic carbocycles. The summed E-state index contributed by atoms with van der Waals surface area (Å²) >= 11 is 6.10. The molecule has 2 aromatic rings. The third kappa shape index (κ3) is 2.93. The molecule has 130 valence electrons. The minimum atomic E-state index is -0.593. The van der Waals surface area contributed by atoms with Crippen molar-refractivity contribution >= 4 is 23.3 Å². The van der Waals surface area contributed by atoms with Gasteiger partial charge in [-0.3, -0.25) is 0 Å². The Bertz CT molecular complexity index is 806. The van der Waals surface area contributed by atoms with Gasteiger partial charge < -0.3 is 10.2 Å². The second-order valence-electron chi connectivity index (χ2n) is 6.74. The van der Waals surface area contributed by atoms with Crippen LogP contribution in [-0.2, 0) is 0 Å². The Balaban J connectivity index is 1.58. The van der Waals surface area contributed by atoms with Gasteiger partial charge in [0.25, 0.3) is 0 Å². The number of piperidine rings is 1. The third-order valence-corrected chi connectivity index (χ3v) is 5.25. The maximum absolute atomic E-state index is 14.3. The van der Waals surface area contributed by atoms with Crippen molar-refractivity contribution in [3.05, 3.63) is 35.4 Å². The molecule has 8 heteroatoms. The van der Waals surface area contributed by atoms with Gasteiger partial charge in [0.05, 0.1) is 16.9 Å². The standard InChI is InChI=1S/C17H17ClFN5O/c1-9-4-10-6-11(5-9)24(10)17(25)22-15-7-12(13(18)8-14(15)19)16-20-2-3-21-23-16/h2-3,7-11H,4-6H2,1H3,(H,22,25). The second kappa shape index (κ2) is 6.22. The van der Waals surface area contributed by atoms with Crippen LogP contribution in [0.4, 0.5) is 14.9 Å². The molecule has 1 N–H and O–H groups in total. The topological polar surface area (TPSA) is 71.0 Å². The lowest BCUT2D eigenvalue weighted by atomic mass is 9.74. The molecule has 1 aromatic heterocycles. The molecule has 2 amide bonds. The van der Waals surface area contributed by atoms with Gasteiger partial charge in [-0.25, -0.2) is 14.2 Å². The summed E-state index contributed by atoms with van der Waals surface area (Å²) in [5.74, 6) is 0.317. The van der Waals surface area contributed by atoms with Crippen LogP contribution in [0.1, 0.15) is 26.2 Å². The number of halogens is 2. The van der Waals surface area contributed by atoms with Crippen molar-refractivity contribution in [3.8, 4) is 11.4 Å². The largest absolute Gasteiger partial charge is 0.322 e. The van der Waals surface area contributed by atoms with Crippen molar-refractivity contribution in [2.45, 2.75) is 38.3 Å². The molecular weight excluding hydrogens is 345 g/mol. The Kier molecular flexibility index (Phi) is 4.03. The molecule has 3 aliphatic rings. The van der Waals surface area contributed by atoms with Gasteiger partial charge in [0.1, 0.15) is 5.82 Å². The number of aromatic nitrogens is 3. The number of hydrogen-bond acceptors (Lipinski definition) is 4. The van der Waals surface area contributed by atoms with Crippen LogP contribution in [0, 0.1) is 11.7 Å². The lowest BCUT2D eigenvalue weighted by molar-refractivity contribution is -0.00603. The van der Waals surface area contributed by atoms with E-state index in [2.05, 4.69) is 27.4 Å². The number of nitrogens with one attached hydrogen (secondary N) is 1. The molecule has 2 aliphatic heterocycles. The molecule has 0 spiro atoms. The number of rotatable bonds is 2. The van der Waals surface area contributed by atoms with E-state index in [4.69, 9.17) is 11.6 Å². The molecule has 2 unspecified atom stereocenters. The summed E-state index contributed by atoms with van der Waals surface area (Å²) in [5.41, 5.74) is 0.485. The number of benzene rings is 1. The van der Waals surface area contributed by atoms with Gasteiger partial charge in [-0.2, -0.15) is 5.10 Å². The smallest absolute Gasteiger partial charge is 0.318 e. The Hall–Kier alpha value is -2.28. The summed E-state index contributed by atoms with van der Waals surface area (Å²) in [5, 5.41) is 10.5. The summed E-state index contributed by atoms with van der Waals surface area (Å²) in [7, 11) is 0. The molecule has 2 atom stereocenters. The van der Waals surface area contributed by atoms with Crippen LogP contribution in [0.2, 0.25) is 5.02 Å². The highest BCUT2D eigenvalue weighted by Gasteiger charge is 2.46. The quantitative estimate of drug-likeness (QED) is 0.884. The molecule has 1 aromatic carbocycles. The molecule has 1 saturated carbocycles. The fourth-order valence-electron chi connectivity index (χ4n) is 3.84. The van der Waals surface area contributed by atoms with Crippen molar-refractivity contribution in [2.24, 2.45) is 5.92 Å². The maximum atomic E-state index is 14.3. The first-order valence-corrected chi connectivity index (χ1v) is 8.63. The third-order valence-electron chi connectivity index (χ3n) is 4.94. The van der Waals surface area contributed by atoms with Crippen LogP contribution in [0.25, 0.3) is 11.4 Å². The lowest BCUT2D eigenvalue weighted by Gasteiger charge is -2.54. The zero-order valence-corrected chi connectivity index (χ0v) is 14.4. The predicted molar refractivity (Wildman–Crippen MR) is 91.7 cm³/mol. The molecule has 25 heavy (non-hydrogen) atoms. The summed E-state index contributed by atoms with van der Waals surface area (Å²) < 4.78 is 14.3. The van der Waals surface area contributed by atoms with Gasteiger partial charge in [0, 0.05) is 23.8 Å². The van der Waals surface area contributed by atoms with E-state index in [1.165, 1.54) is 18.5 Å². The molecule has 3 heterocycles. The molecule has 0 radical (unpaired) electrons. The molecular formula is C17H17ClFN5O. The number of nitrogens with zero attached hydrogens (tertiary/aromatic N) is 4. The van der Waals surface area contributed by atoms with Gasteiger partial charge in [0.2, 0.25) is 0 Å². The van der Waals surface area contributed by atoms with E-state index in [1.54, 1.807) is 0 Å².